The minimum Gasteiger partial charge on any atom is -0.353 e. The van der Waals surface area contributed by atoms with E-state index < -0.39 is 0 Å². The van der Waals surface area contributed by atoms with Gasteiger partial charge in [0.25, 0.3) is 0 Å². The Hall–Kier alpha value is -0.570. The maximum Gasteiger partial charge on any atom is 0.218 e. The van der Waals surface area contributed by atoms with Crippen LogP contribution < -0.4 is 5.32 Å². The topological polar surface area (TPSA) is 38.3 Å². The lowest BCUT2D eigenvalue weighted by molar-refractivity contribution is -0.122. The molecule has 3 heteroatoms. The van der Waals surface area contributed by atoms with Gasteiger partial charge in [-0.3, -0.25) is 4.79 Å². The first-order valence-electron chi connectivity index (χ1n) is 3.91. The van der Waals surface area contributed by atoms with Crippen molar-refractivity contribution in [2.24, 2.45) is 0 Å². The van der Waals surface area contributed by atoms with Gasteiger partial charge in [-0.1, -0.05) is 13.3 Å². The van der Waals surface area contributed by atoms with E-state index in [1.165, 1.54) is 6.92 Å². The van der Waals surface area contributed by atoms with Gasteiger partial charge in [-0.2, -0.15) is 0 Å². The van der Waals surface area contributed by atoms with Crippen molar-refractivity contribution in [3.8, 4) is 0 Å². The highest BCUT2D eigenvalue weighted by Gasteiger charge is 2.01. The molecule has 0 saturated heterocycles. The summed E-state index contributed by atoms with van der Waals surface area (Å²) in [5.74, 6) is -0.0672. The molecule has 1 amide bonds. The summed E-state index contributed by atoms with van der Waals surface area (Å²) < 4.78 is 5.14. The normalized spacial score (nSPS) is 12.6. The summed E-state index contributed by atoms with van der Waals surface area (Å²) in [4.78, 5) is 10.5. The Balaban J connectivity index is 3.22. The van der Waals surface area contributed by atoms with Gasteiger partial charge in [0.1, 0.15) is 6.23 Å². The quantitative estimate of drug-likeness (QED) is 0.485. The fourth-order valence-electron chi connectivity index (χ4n) is 0.650. The van der Waals surface area contributed by atoms with Crippen molar-refractivity contribution in [2.75, 3.05) is 0 Å². The summed E-state index contributed by atoms with van der Waals surface area (Å²) in [6, 6.07) is 0. The van der Waals surface area contributed by atoms with Gasteiger partial charge in [-0.05, 0) is 13.3 Å². The molecule has 0 heterocycles. The van der Waals surface area contributed by atoms with E-state index in [1.54, 1.807) is 13.5 Å². The highest BCUT2D eigenvalue weighted by atomic mass is 16.5. The zero-order chi connectivity index (χ0) is 8.69. The van der Waals surface area contributed by atoms with Crippen molar-refractivity contribution < 1.29 is 9.53 Å². The maximum absolute atomic E-state index is 10.5. The zero-order valence-corrected chi connectivity index (χ0v) is 7.39. The highest BCUT2D eigenvalue weighted by molar-refractivity contribution is 5.72. The Labute approximate surface area is 68.1 Å². The molecule has 0 fully saturated rings. The van der Waals surface area contributed by atoms with E-state index in [9.17, 15) is 4.79 Å². The van der Waals surface area contributed by atoms with Gasteiger partial charge in [0.15, 0.2) is 0 Å². The molecule has 0 aliphatic rings. The Morgan fingerprint density at radius 3 is 2.82 bits per heavy atom. The fraction of sp³-hybridized carbons (Fsp3) is 0.750. The summed E-state index contributed by atoms with van der Waals surface area (Å²) >= 11 is 0. The van der Waals surface area contributed by atoms with Crippen LogP contribution in [-0.4, -0.2) is 12.1 Å². The lowest BCUT2D eigenvalue weighted by Gasteiger charge is -2.12. The van der Waals surface area contributed by atoms with Crippen LogP contribution in [0.25, 0.3) is 0 Å². The Kier molecular flexibility index (Phi) is 5.84. The number of carbonyl (C=O) groups is 1. The molecule has 1 unspecified atom stereocenters. The average molecular weight is 158 g/mol. The van der Waals surface area contributed by atoms with Crippen LogP contribution in [0.4, 0.5) is 0 Å². The summed E-state index contributed by atoms with van der Waals surface area (Å²) in [7, 11) is 0. The van der Waals surface area contributed by atoms with Gasteiger partial charge in [-0.15, -0.1) is 0 Å². The van der Waals surface area contributed by atoms with Crippen molar-refractivity contribution in [1.82, 2.24) is 5.32 Å². The molecule has 1 N–H and O–H groups in total. The van der Waals surface area contributed by atoms with E-state index in [4.69, 9.17) is 4.74 Å². The first-order chi connectivity index (χ1) is 5.16. The molecule has 0 spiro atoms. The van der Waals surface area contributed by atoms with Crippen molar-refractivity contribution in [3.05, 3.63) is 6.61 Å². The van der Waals surface area contributed by atoms with E-state index in [0.29, 0.717) is 0 Å². The third kappa shape index (κ3) is 7.33. The monoisotopic (exact) mass is 158 g/mol. The van der Waals surface area contributed by atoms with Crippen LogP contribution in [0.2, 0.25) is 0 Å². The molecule has 1 atom stereocenters. The van der Waals surface area contributed by atoms with Gasteiger partial charge >= 0.3 is 0 Å². The molecule has 0 saturated carbocycles. The van der Waals surface area contributed by atoms with Gasteiger partial charge in [0, 0.05) is 6.92 Å². The first-order valence-corrected chi connectivity index (χ1v) is 3.91. The van der Waals surface area contributed by atoms with Gasteiger partial charge < -0.3 is 10.1 Å². The van der Waals surface area contributed by atoms with E-state index in [-0.39, 0.29) is 12.1 Å². The molecular weight excluding hydrogens is 142 g/mol. The fourth-order valence-corrected chi connectivity index (χ4v) is 0.650. The van der Waals surface area contributed by atoms with E-state index >= 15 is 0 Å². The van der Waals surface area contributed by atoms with Gasteiger partial charge in [0.2, 0.25) is 5.91 Å². The minimum atomic E-state index is -0.209. The Morgan fingerprint density at radius 2 is 2.36 bits per heavy atom. The average Bonchev–Trinajstić information content (AvgIpc) is 1.86. The number of rotatable bonds is 5. The molecule has 65 valence electrons. The third-order valence-corrected chi connectivity index (χ3v) is 1.11. The van der Waals surface area contributed by atoms with Crippen LogP contribution >= 0.6 is 0 Å². The molecule has 11 heavy (non-hydrogen) atoms. The molecule has 1 radical (unpaired) electrons. The van der Waals surface area contributed by atoms with Gasteiger partial charge in [-0.25, -0.2) is 0 Å². The van der Waals surface area contributed by atoms with Gasteiger partial charge in [0.05, 0.1) is 6.61 Å². The number of nitrogens with one attached hydrogen (secondary N) is 1. The minimum absolute atomic E-state index is 0.0672. The molecule has 0 aromatic carbocycles. The largest absolute Gasteiger partial charge is 0.353 e. The number of carbonyl (C=O) groups excluding carboxylic acids is 1. The second-order valence-electron chi connectivity index (χ2n) is 2.43. The SMILES string of the molecule is CCC[CH]OC(C)NC(C)=O. The van der Waals surface area contributed by atoms with Crippen molar-refractivity contribution in [2.45, 2.75) is 39.8 Å². The standard InChI is InChI=1S/C8H16NO2/c1-4-5-6-11-8(3)9-7(2)10/h6,8H,4-5H2,1-3H3,(H,9,10). The maximum atomic E-state index is 10.5. The third-order valence-electron chi connectivity index (χ3n) is 1.11. The first kappa shape index (κ1) is 10.4. The number of ether oxygens (including phenoxy) is 1. The van der Waals surface area contributed by atoms with Crippen LogP contribution in [0, 0.1) is 6.61 Å². The lowest BCUT2D eigenvalue weighted by Crippen LogP contribution is -2.31. The summed E-state index contributed by atoms with van der Waals surface area (Å²) in [6.07, 6.45) is 1.77. The van der Waals surface area contributed by atoms with E-state index in [1.807, 2.05) is 0 Å². The number of unbranched alkanes of at least 4 members (excludes halogenated alkanes) is 1. The Morgan fingerprint density at radius 1 is 1.73 bits per heavy atom. The van der Waals surface area contributed by atoms with Crippen LogP contribution in [0.5, 0.6) is 0 Å². The van der Waals surface area contributed by atoms with Crippen LogP contribution in [0.15, 0.2) is 0 Å². The van der Waals surface area contributed by atoms with Crippen molar-refractivity contribution in [1.29, 1.82) is 0 Å². The summed E-state index contributed by atoms with van der Waals surface area (Å²) in [5, 5.41) is 2.61. The van der Waals surface area contributed by atoms with Crippen LogP contribution in [0.3, 0.4) is 0 Å². The molecule has 0 rings (SSSR count). The van der Waals surface area contributed by atoms with Crippen molar-refractivity contribution >= 4 is 5.91 Å². The molecule has 0 aromatic heterocycles. The number of hydrogen-bond acceptors (Lipinski definition) is 2. The lowest BCUT2D eigenvalue weighted by atomic mass is 10.4. The molecule has 0 aliphatic carbocycles. The summed E-state index contributed by atoms with van der Waals surface area (Å²) in [5.41, 5.74) is 0. The molecule has 3 nitrogen and oxygen atoms in total. The zero-order valence-electron chi connectivity index (χ0n) is 7.39. The number of amides is 1. The summed E-state index contributed by atoms with van der Waals surface area (Å²) in [6.45, 7) is 7.07. The van der Waals surface area contributed by atoms with Crippen molar-refractivity contribution in [3.63, 3.8) is 0 Å². The predicted octanol–water partition coefficient (Wildman–Crippen LogP) is 1.45. The second kappa shape index (κ2) is 6.16. The molecule has 0 aromatic rings. The number of hydrogen-bond donors (Lipinski definition) is 1. The Bertz CT molecular complexity index is 115. The van der Waals surface area contributed by atoms with Crippen LogP contribution in [0.1, 0.15) is 33.6 Å². The highest BCUT2D eigenvalue weighted by Crippen LogP contribution is 1.96. The van der Waals surface area contributed by atoms with E-state index in [2.05, 4.69) is 12.2 Å². The van der Waals surface area contributed by atoms with Crippen LogP contribution in [-0.2, 0) is 9.53 Å². The predicted molar refractivity (Wildman–Crippen MR) is 43.6 cm³/mol. The smallest absolute Gasteiger partial charge is 0.218 e. The molecular formula is C8H16NO2. The van der Waals surface area contributed by atoms with E-state index in [0.717, 1.165) is 12.8 Å². The molecule has 0 bridgehead atoms. The second-order valence-corrected chi connectivity index (χ2v) is 2.43. The molecule has 0 aliphatic heterocycles.